The zero-order valence-electron chi connectivity index (χ0n) is 17.6. The van der Waals surface area contributed by atoms with Crippen molar-refractivity contribution >= 4 is 16.7 Å². The molecule has 0 N–H and O–H groups in total. The van der Waals surface area contributed by atoms with Gasteiger partial charge in [0.15, 0.2) is 0 Å². The van der Waals surface area contributed by atoms with Gasteiger partial charge in [0.2, 0.25) is 0 Å². The van der Waals surface area contributed by atoms with Gasteiger partial charge >= 0.3 is 0 Å². The van der Waals surface area contributed by atoms with Crippen molar-refractivity contribution < 1.29 is 4.79 Å². The summed E-state index contributed by atoms with van der Waals surface area (Å²) in [6.07, 6.45) is 9.64. The normalized spacial score (nSPS) is 42.0. The highest BCUT2D eigenvalue weighted by Gasteiger charge is 2.60. The highest BCUT2D eigenvalue weighted by Crippen LogP contribution is 2.65. The number of ketones is 1. The molecule has 3 saturated carbocycles. The molecule has 2 nitrogen and oxygen atoms in total. The van der Waals surface area contributed by atoms with E-state index in [-0.39, 0.29) is 5.41 Å². The van der Waals surface area contributed by atoms with E-state index < -0.39 is 0 Å². The van der Waals surface area contributed by atoms with Gasteiger partial charge in [-0.05, 0) is 85.7 Å². The van der Waals surface area contributed by atoms with E-state index in [0.717, 1.165) is 37.0 Å². The second-order valence-corrected chi connectivity index (χ2v) is 11.0. The van der Waals surface area contributed by atoms with Crippen LogP contribution >= 0.6 is 0 Å². The quantitative estimate of drug-likeness (QED) is 0.578. The molecule has 148 valence electrons. The summed E-state index contributed by atoms with van der Waals surface area (Å²) in [5.74, 6) is 3.63. The van der Waals surface area contributed by atoms with Crippen LogP contribution in [0.4, 0.5) is 0 Å². The number of aromatic nitrogens is 1. The second kappa shape index (κ2) is 5.52. The van der Waals surface area contributed by atoms with Crippen LogP contribution in [-0.2, 0) is 24.7 Å². The first-order valence-corrected chi connectivity index (χ1v) is 11.5. The molecule has 0 bridgehead atoms. The molecule has 0 unspecified atom stereocenters. The smallest absolute Gasteiger partial charge is 0.139 e. The van der Waals surface area contributed by atoms with E-state index in [1.807, 2.05) is 0 Å². The van der Waals surface area contributed by atoms with Crippen LogP contribution < -0.4 is 0 Å². The fraction of sp³-hybridized carbons (Fsp3) is 0.654. The summed E-state index contributed by atoms with van der Waals surface area (Å²) >= 11 is 0. The van der Waals surface area contributed by atoms with Crippen LogP contribution in [0.2, 0.25) is 0 Å². The number of Topliss-reactive ketones (excluding diaryl/α,β-unsaturated/α-hetero) is 1. The molecule has 1 heterocycles. The first-order valence-electron chi connectivity index (χ1n) is 11.5. The number of rotatable bonds is 0. The van der Waals surface area contributed by atoms with E-state index in [1.54, 1.807) is 11.3 Å². The van der Waals surface area contributed by atoms with Crippen molar-refractivity contribution in [2.75, 3.05) is 0 Å². The predicted molar refractivity (Wildman–Crippen MR) is 113 cm³/mol. The third kappa shape index (κ3) is 1.97. The number of benzene rings is 1. The summed E-state index contributed by atoms with van der Waals surface area (Å²) in [5.41, 5.74) is 5.05. The van der Waals surface area contributed by atoms with Crippen LogP contribution in [0.5, 0.6) is 0 Å². The highest BCUT2D eigenvalue weighted by molar-refractivity contribution is 5.87. The summed E-state index contributed by atoms with van der Waals surface area (Å²) in [7, 11) is 2.27. The molecule has 0 spiro atoms. The number of hydrogen-bond donors (Lipinski definition) is 0. The molecule has 0 radical (unpaired) electrons. The Morgan fingerprint density at radius 1 is 1.04 bits per heavy atom. The van der Waals surface area contributed by atoms with Crippen LogP contribution in [0.15, 0.2) is 24.3 Å². The van der Waals surface area contributed by atoms with Crippen molar-refractivity contribution in [1.29, 1.82) is 0 Å². The molecule has 2 aromatic rings. The molecule has 4 aliphatic carbocycles. The van der Waals surface area contributed by atoms with Crippen LogP contribution in [0.1, 0.15) is 63.6 Å². The van der Waals surface area contributed by atoms with E-state index in [1.165, 1.54) is 43.0 Å². The lowest BCUT2D eigenvalue weighted by Gasteiger charge is -2.59. The van der Waals surface area contributed by atoms with Crippen molar-refractivity contribution in [3.8, 4) is 0 Å². The van der Waals surface area contributed by atoms with Crippen molar-refractivity contribution in [2.45, 2.75) is 65.2 Å². The van der Waals surface area contributed by atoms with Crippen molar-refractivity contribution in [3.63, 3.8) is 0 Å². The highest BCUT2D eigenvalue weighted by atomic mass is 16.1. The number of carbonyl (C=O) groups is 1. The van der Waals surface area contributed by atoms with Gasteiger partial charge in [0.1, 0.15) is 5.78 Å². The fourth-order valence-corrected chi connectivity index (χ4v) is 8.51. The van der Waals surface area contributed by atoms with Gasteiger partial charge in [-0.25, -0.2) is 0 Å². The minimum Gasteiger partial charge on any atom is -0.347 e. The number of hydrogen-bond acceptors (Lipinski definition) is 1. The molecule has 4 aliphatic rings. The third-order valence-electron chi connectivity index (χ3n) is 10.1. The fourth-order valence-electron chi connectivity index (χ4n) is 8.51. The standard InChI is InChI=1S/C26H33NO/c1-25-13-12-21-18(20(25)10-11-24(25)28)9-8-16-14-23-19(15-26(16,21)2)17-6-4-5-7-22(17)27(23)3/h4-7,16,18,20-21H,8-15H2,1-3H3/t16-,18-,20+,21-,25+,26-/m1/s1. The lowest BCUT2D eigenvalue weighted by molar-refractivity contribution is -0.136. The van der Waals surface area contributed by atoms with Gasteiger partial charge in [0.25, 0.3) is 0 Å². The molecule has 1 aromatic heterocycles. The maximum atomic E-state index is 12.7. The molecule has 0 amide bonds. The van der Waals surface area contributed by atoms with E-state index in [0.29, 0.717) is 17.1 Å². The zero-order chi connectivity index (χ0) is 19.3. The van der Waals surface area contributed by atoms with Crippen LogP contribution in [0.25, 0.3) is 10.9 Å². The number of para-hydroxylation sites is 1. The van der Waals surface area contributed by atoms with Crippen LogP contribution in [-0.4, -0.2) is 10.4 Å². The van der Waals surface area contributed by atoms with Gasteiger partial charge < -0.3 is 4.57 Å². The molecule has 0 aliphatic heterocycles. The van der Waals surface area contributed by atoms with Crippen LogP contribution in [0.3, 0.4) is 0 Å². The minimum absolute atomic E-state index is 0.00361. The Hall–Kier alpha value is -1.57. The Bertz CT molecular complexity index is 986. The average Bonchev–Trinajstić information content (AvgIpc) is 3.14. The molecule has 0 saturated heterocycles. The lowest BCUT2D eigenvalue weighted by atomic mass is 9.45. The van der Waals surface area contributed by atoms with E-state index in [4.69, 9.17) is 0 Å². The van der Waals surface area contributed by atoms with Gasteiger partial charge in [-0.15, -0.1) is 0 Å². The van der Waals surface area contributed by atoms with Gasteiger partial charge in [-0.3, -0.25) is 4.79 Å². The van der Waals surface area contributed by atoms with E-state index in [9.17, 15) is 4.79 Å². The van der Waals surface area contributed by atoms with Crippen LogP contribution in [0, 0.1) is 34.5 Å². The maximum absolute atomic E-state index is 12.7. The molecule has 6 atom stereocenters. The Kier molecular flexibility index (Phi) is 3.41. The molecule has 3 fully saturated rings. The van der Waals surface area contributed by atoms with Crippen molar-refractivity contribution in [3.05, 3.63) is 35.5 Å². The predicted octanol–water partition coefficient (Wildman–Crippen LogP) is 5.70. The summed E-state index contributed by atoms with van der Waals surface area (Å²) in [4.78, 5) is 12.7. The summed E-state index contributed by atoms with van der Waals surface area (Å²) < 4.78 is 2.48. The topological polar surface area (TPSA) is 22.0 Å². The number of carbonyl (C=O) groups excluding carboxylic acids is 1. The molecule has 6 rings (SSSR count). The maximum Gasteiger partial charge on any atom is 0.139 e. The third-order valence-corrected chi connectivity index (χ3v) is 10.1. The summed E-state index contributed by atoms with van der Waals surface area (Å²) in [6, 6.07) is 9.01. The summed E-state index contributed by atoms with van der Waals surface area (Å²) in [6.45, 7) is 4.93. The summed E-state index contributed by atoms with van der Waals surface area (Å²) in [5, 5.41) is 1.48. The Labute approximate surface area is 168 Å². The Morgan fingerprint density at radius 3 is 2.71 bits per heavy atom. The molecule has 28 heavy (non-hydrogen) atoms. The van der Waals surface area contributed by atoms with Gasteiger partial charge in [0, 0.05) is 35.5 Å². The number of fused-ring (bicyclic) bond motifs is 8. The molecule has 2 heteroatoms. The molecule has 1 aromatic carbocycles. The first-order chi connectivity index (χ1) is 13.4. The Morgan fingerprint density at radius 2 is 1.86 bits per heavy atom. The van der Waals surface area contributed by atoms with Gasteiger partial charge in [-0.1, -0.05) is 32.0 Å². The average molecular weight is 376 g/mol. The van der Waals surface area contributed by atoms with E-state index >= 15 is 0 Å². The lowest BCUT2D eigenvalue weighted by Crippen LogP contribution is -2.54. The molecular weight excluding hydrogens is 342 g/mol. The second-order valence-electron chi connectivity index (χ2n) is 11.0. The zero-order valence-corrected chi connectivity index (χ0v) is 17.6. The van der Waals surface area contributed by atoms with E-state index in [2.05, 4.69) is 49.7 Å². The monoisotopic (exact) mass is 375 g/mol. The largest absolute Gasteiger partial charge is 0.347 e. The number of aryl methyl sites for hydroxylation is 1. The first kappa shape index (κ1) is 17.3. The molecular formula is C26H33NO. The Balaban J connectivity index is 1.43. The SMILES string of the molecule is Cn1c2c(c3ccccc31)C[C@]1(C)[C@H](CC[C@H]3[C@H]1CC[C@]1(C)C(=O)CC[C@@H]31)C2. The van der Waals surface area contributed by atoms with Gasteiger partial charge in [-0.2, -0.15) is 0 Å². The van der Waals surface area contributed by atoms with Crippen molar-refractivity contribution in [2.24, 2.45) is 41.5 Å². The number of nitrogens with zero attached hydrogens (tertiary/aromatic N) is 1. The minimum atomic E-state index is 0.00361. The van der Waals surface area contributed by atoms with Gasteiger partial charge in [0.05, 0.1) is 0 Å². The van der Waals surface area contributed by atoms with Crippen molar-refractivity contribution in [1.82, 2.24) is 4.57 Å².